The summed E-state index contributed by atoms with van der Waals surface area (Å²) in [4.78, 5) is 13.5. The van der Waals surface area contributed by atoms with E-state index in [2.05, 4.69) is 19.8 Å². The third-order valence-electron chi connectivity index (χ3n) is 4.73. The Kier molecular flexibility index (Phi) is 5.24. The third-order valence-corrected chi connectivity index (χ3v) is 4.73. The van der Waals surface area contributed by atoms with E-state index in [1.165, 1.54) is 38.4 Å². The largest absolute Gasteiger partial charge is 0.354 e. The summed E-state index contributed by atoms with van der Waals surface area (Å²) in [5.41, 5.74) is 2.62. The first kappa shape index (κ1) is 15.2. The highest BCUT2D eigenvalue weighted by molar-refractivity contribution is 5.59. The van der Waals surface area contributed by atoms with Gasteiger partial charge in [-0.3, -0.25) is 15.6 Å². The number of pyridine rings is 1. The summed E-state index contributed by atoms with van der Waals surface area (Å²) in [5, 5.41) is 8.49. The van der Waals surface area contributed by atoms with Crippen molar-refractivity contribution in [1.29, 1.82) is 0 Å². The third kappa shape index (κ3) is 3.75. The minimum atomic E-state index is 0.728. The normalized spacial score (nSPS) is 21.4. The molecule has 1 aromatic heterocycles. The van der Waals surface area contributed by atoms with Crippen molar-refractivity contribution in [1.82, 2.24) is 15.4 Å². The molecular weight excluding hydrogens is 278 g/mol. The SMILES string of the molecule is ONC=Nc1ccc(N2CCN(C3CCCCC3)CC2)nc1. The van der Waals surface area contributed by atoms with E-state index in [1.807, 2.05) is 17.6 Å². The average Bonchev–Trinajstić information content (AvgIpc) is 2.61. The molecule has 0 radical (unpaired) electrons. The molecule has 1 aromatic rings. The zero-order chi connectivity index (χ0) is 15.2. The number of hydrogen-bond acceptors (Lipinski definition) is 5. The summed E-state index contributed by atoms with van der Waals surface area (Å²) in [6.07, 6.45) is 9.94. The molecule has 2 heterocycles. The quantitative estimate of drug-likeness (QED) is 0.507. The minimum Gasteiger partial charge on any atom is -0.354 e. The number of nitrogens with zero attached hydrogens (tertiary/aromatic N) is 4. The van der Waals surface area contributed by atoms with Gasteiger partial charge < -0.3 is 4.90 Å². The van der Waals surface area contributed by atoms with E-state index < -0.39 is 0 Å². The number of nitrogens with one attached hydrogen (secondary N) is 1. The Labute approximate surface area is 131 Å². The molecule has 2 N–H and O–H groups in total. The van der Waals surface area contributed by atoms with Crippen LogP contribution in [0.15, 0.2) is 23.3 Å². The number of anilines is 1. The zero-order valence-corrected chi connectivity index (χ0v) is 13.0. The fourth-order valence-corrected chi connectivity index (χ4v) is 3.51. The molecule has 1 aliphatic carbocycles. The topological polar surface area (TPSA) is 64.0 Å². The zero-order valence-electron chi connectivity index (χ0n) is 13.0. The Morgan fingerprint density at radius 1 is 1.14 bits per heavy atom. The summed E-state index contributed by atoms with van der Waals surface area (Å²) in [7, 11) is 0. The van der Waals surface area contributed by atoms with Gasteiger partial charge in [-0.05, 0) is 25.0 Å². The van der Waals surface area contributed by atoms with Crippen molar-refractivity contribution in [3.63, 3.8) is 0 Å². The first-order chi connectivity index (χ1) is 10.9. The van der Waals surface area contributed by atoms with Crippen LogP contribution < -0.4 is 10.4 Å². The molecule has 22 heavy (non-hydrogen) atoms. The number of hydrogen-bond donors (Lipinski definition) is 2. The molecule has 1 aliphatic heterocycles. The molecule has 1 saturated carbocycles. The van der Waals surface area contributed by atoms with Crippen LogP contribution in [0.2, 0.25) is 0 Å². The second-order valence-electron chi connectivity index (χ2n) is 6.08. The number of aliphatic imine (C=N–C) groups is 1. The lowest BCUT2D eigenvalue weighted by molar-refractivity contribution is 0.147. The van der Waals surface area contributed by atoms with Crippen LogP contribution in [0.25, 0.3) is 0 Å². The lowest BCUT2D eigenvalue weighted by Crippen LogP contribution is -2.51. The number of hydroxylamine groups is 1. The van der Waals surface area contributed by atoms with E-state index in [4.69, 9.17) is 5.21 Å². The molecule has 3 rings (SSSR count). The summed E-state index contributed by atoms with van der Waals surface area (Å²) in [6, 6.07) is 4.73. The molecule has 0 atom stereocenters. The van der Waals surface area contributed by atoms with Crippen LogP contribution in [0, 0.1) is 0 Å². The molecule has 1 saturated heterocycles. The molecule has 0 spiro atoms. The molecule has 6 heteroatoms. The molecule has 0 aromatic carbocycles. The van der Waals surface area contributed by atoms with Crippen LogP contribution in [0.4, 0.5) is 11.5 Å². The number of aromatic nitrogens is 1. The second-order valence-corrected chi connectivity index (χ2v) is 6.08. The van der Waals surface area contributed by atoms with Gasteiger partial charge in [0.2, 0.25) is 0 Å². The maximum absolute atomic E-state index is 8.49. The average molecular weight is 303 g/mol. The molecule has 0 bridgehead atoms. The van der Waals surface area contributed by atoms with Crippen molar-refractivity contribution in [2.24, 2.45) is 4.99 Å². The smallest absolute Gasteiger partial charge is 0.128 e. The van der Waals surface area contributed by atoms with Crippen LogP contribution in [-0.4, -0.2) is 53.7 Å². The Hall–Kier alpha value is -1.66. The molecule has 6 nitrogen and oxygen atoms in total. The van der Waals surface area contributed by atoms with E-state index >= 15 is 0 Å². The van der Waals surface area contributed by atoms with Crippen molar-refractivity contribution in [3.8, 4) is 0 Å². The lowest BCUT2D eigenvalue weighted by atomic mass is 9.94. The summed E-state index contributed by atoms with van der Waals surface area (Å²) in [6.45, 7) is 4.37. The summed E-state index contributed by atoms with van der Waals surface area (Å²) >= 11 is 0. The van der Waals surface area contributed by atoms with Crippen molar-refractivity contribution in [2.75, 3.05) is 31.1 Å². The Morgan fingerprint density at radius 2 is 1.91 bits per heavy atom. The summed E-state index contributed by atoms with van der Waals surface area (Å²) < 4.78 is 0. The van der Waals surface area contributed by atoms with Crippen LogP contribution in [-0.2, 0) is 0 Å². The monoisotopic (exact) mass is 303 g/mol. The molecule has 2 aliphatic rings. The van der Waals surface area contributed by atoms with Crippen LogP contribution in [0.1, 0.15) is 32.1 Å². The second kappa shape index (κ2) is 7.56. The van der Waals surface area contributed by atoms with Gasteiger partial charge in [-0.25, -0.2) is 9.98 Å². The van der Waals surface area contributed by atoms with Crippen molar-refractivity contribution in [2.45, 2.75) is 38.1 Å². The predicted octanol–water partition coefficient (Wildman–Crippen LogP) is 2.17. The van der Waals surface area contributed by atoms with Crippen LogP contribution in [0.5, 0.6) is 0 Å². The van der Waals surface area contributed by atoms with Gasteiger partial charge in [0.05, 0.1) is 11.9 Å². The first-order valence-corrected chi connectivity index (χ1v) is 8.24. The van der Waals surface area contributed by atoms with E-state index in [0.717, 1.165) is 43.7 Å². The number of piperazine rings is 1. The van der Waals surface area contributed by atoms with E-state index in [-0.39, 0.29) is 0 Å². The van der Waals surface area contributed by atoms with Gasteiger partial charge in [0.1, 0.15) is 12.2 Å². The van der Waals surface area contributed by atoms with Gasteiger partial charge in [0, 0.05) is 32.2 Å². The molecule has 0 unspecified atom stereocenters. The van der Waals surface area contributed by atoms with Crippen LogP contribution in [0.3, 0.4) is 0 Å². The molecule has 0 amide bonds. The Morgan fingerprint density at radius 3 is 2.55 bits per heavy atom. The highest BCUT2D eigenvalue weighted by atomic mass is 16.5. The van der Waals surface area contributed by atoms with Gasteiger partial charge in [-0.15, -0.1) is 0 Å². The Balaban J connectivity index is 1.53. The molecule has 2 fully saturated rings. The highest BCUT2D eigenvalue weighted by Crippen LogP contribution is 2.24. The van der Waals surface area contributed by atoms with Gasteiger partial charge in [0.15, 0.2) is 0 Å². The fourth-order valence-electron chi connectivity index (χ4n) is 3.51. The van der Waals surface area contributed by atoms with Gasteiger partial charge in [-0.1, -0.05) is 19.3 Å². The van der Waals surface area contributed by atoms with Crippen molar-refractivity contribution < 1.29 is 5.21 Å². The molecule has 120 valence electrons. The van der Waals surface area contributed by atoms with Crippen LogP contribution >= 0.6 is 0 Å². The fraction of sp³-hybridized carbons (Fsp3) is 0.625. The van der Waals surface area contributed by atoms with E-state index in [0.29, 0.717) is 0 Å². The Bertz CT molecular complexity index is 476. The maximum atomic E-state index is 8.49. The van der Waals surface area contributed by atoms with Crippen molar-refractivity contribution >= 4 is 17.8 Å². The first-order valence-electron chi connectivity index (χ1n) is 8.24. The highest BCUT2D eigenvalue weighted by Gasteiger charge is 2.25. The lowest BCUT2D eigenvalue weighted by Gasteiger charge is -2.41. The van der Waals surface area contributed by atoms with Gasteiger partial charge >= 0.3 is 0 Å². The van der Waals surface area contributed by atoms with E-state index in [1.54, 1.807) is 6.20 Å². The standard InChI is InChI=1S/C16H25N5O/c22-19-13-18-14-6-7-16(17-12-14)21-10-8-20(9-11-21)15-4-2-1-3-5-15/h6-7,12-13,15,22H,1-5,8-11H2,(H,18,19). The van der Waals surface area contributed by atoms with Gasteiger partial charge in [0.25, 0.3) is 0 Å². The maximum Gasteiger partial charge on any atom is 0.128 e. The summed E-state index contributed by atoms with van der Waals surface area (Å²) in [5.74, 6) is 1.01. The minimum absolute atomic E-state index is 0.728. The number of rotatable bonds is 4. The van der Waals surface area contributed by atoms with Gasteiger partial charge in [-0.2, -0.15) is 0 Å². The predicted molar refractivity (Wildman–Crippen MR) is 88.0 cm³/mol. The van der Waals surface area contributed by atoms with E-state index in [9.17, 15) is 0 Å². The van der Waals surface area contributed by atoms with Crippen molar-refractivity contribution in [3.05, 3.63) is 18.3 Å². The molecular formula is C16H25N5O.